The van der Waals surface area contributed by atoms with E-state index < -0.39 is 10.0 Å². The van der Waals surface area contributed by atoms with Gasteiger partial charge in [0, 0.05) is 18.5 Å². The summed E-state index contributed by atoms with van der Waals surface area (Å²) in [7, 11) is 0.503. The Morgan fingerprint density at radius 2 is 1.74 bits per heavy atom. The fourth-order valence-corrected chi connectivity index (χ4v) is 7.49. The standard InChI is InChI=1S/C31H39FN4O2S/c1-30(2,3)24-7-13-28(14-8-24)39(37,38)35-18-15-25-19-29-23(20-31(25,22-35)16-6-17-34(4)5)21-33-36(29)27-11-9-26(32)10-12-27/h7-14,19,21H,6,15-18,20,22H2,1-5H3/t31-/m1/s1. The van der Waals surface area contributed by atoms with E-state index in [0.717, 1.165) is 48.3 Å². The number of halogens is 1. The molecule has 1 aromatic heterocycles. The van der Waals surface area contributed by atoms with Gasteiger partial charge in [0.2, 0.25) is 10.0 Å². The molecule has 1 fully saturated rings. The Balaban J connectivity index is 1.48. The zero-order chi connectivity index (χ0) is 28.0. The Morgan fingerprint density at radius 1 is 1.05 bits per heavy atom. The third-order valence-corrected chi connectivity index (χ3v) is 10.1. The lowest BCUT2D eigenvalue weighted by molar-refractivity contribution is 0.188. The molecule has 2 heterocycles. The molecule has 0 unspecified atom stereocenters. The van der Waals surface area contributed by atoms with Crippen molar-refractivity contribution in [3.05, 3.63) is 82.9 Å². The van der Waals surface area contributed by atoms with Crippen molar-refractivity contribution in [3.8, 4) is 5.69 Å². The number of rotatable bonds is 7. The maximum absolute atomic E-state index is 13.9. The molecule has 3 aromatic rings. The van der Waals surface area contributed by atoms with Crippen LogP contribution >= 0.6 is 0 Å². The van der Waals surface area contributed by atoms with Gasteiger partial charge in [-0.3, -0.25) is 0 Å². The van der Waals surface area contributed by atoms with Crippen LogP contribution in [0.5, 0.6) is 0 Å². The number of hydrogen-bond donors (Lipinski definition) is 0. The van der Waals surface area contributed by atoms with Gasteiger partial charge in [-0.2, -0.15) is 9.40 Å². The monoisotopic (exact) mass is 550 g/mol. The Morgan fingerprint density at radius 3 is 2.38 bits per heavy atom. The highest BCUT2D eigenvalue weighted by molar-refractivity contribution is 7.89. The Hall–Kier alpha value is -2.81. The number of hydrogen-bond acceptors (Lipinski definition) is 4. The highest BCUT2D eigenvalue weighted by Crippen LogP contribution is 2.48. The first kappa shape index (κ1) is 27.7. The van der Waals surface area contributed by atoms with Crippen LogP contribution in [0.3, 0.4) is 0 Å². The van der Waals surface area contributed by atoms with E-state index in [1.165, 1.54) is 17.7 Å². The number of piperidine rings is 1. The van der Waals surface area contributed by atoms with Gasteiger partial charge >= 0.3 is 0 Å². The van der Waals surface area contributed by atoms with Gasteiger partial charge in [0.15, 0.2) is 0 Å². The molecular weight excluding hydrogens is 511 g/mol. The predicted octanol–water partition coefficient (Wildman–Crippen LogP) is 5.67. The van der Waals surface area contributed by atoms with Gasteiger partial charge in [0.05, 0.1) is 22.5 Å². The molecule has 1 aliphatic heterocycles. The summed E-state index contributed by atoms with van der Waals surface area (Å²) in [4.78, 5) is 2.53. The zero-order valence-electron chi connectivity index (χ0n) is 23.6. The first-order valence-corrected chi connectivity index (χ1v) is 15.1. The van der Waals surface area contributed by atoms with E-state index >= 15 is 0 Å². The minimum atomic E-state index is -3.63. The maximum Gasteiger partial charge on any atom is 0.243 e. The van der Waals surface area contributed by atoms with Crippen LogP contribution in [-0.2, 0) is 21.9 Å². The lowest BCUT2D eigenvalue weighted by atomic mass is 9.66. The van der Waals surface area contributed by atoms with Crippen molar-refractivity contribution in [1.82, 2.24) is 19.0 Å². The van der Waals surface area contributed by atoms with Crippen LogP contribution in [0.2, 0.25) is 0 Å². The van der Waals surface area contributed by atoms with Gasteiger partial charge in [-0.1, -0.05) is 38.5 Å². The minimum absolute atomic E-state index is 0.0399. The van der Waals surface area contributed by atoms with Gasteiger partial charge in [0.25, 0.3) is 0 Å². The topological polar surface area (TPSA) is 58.4 Å². The highest BCUT2D eigenvalue weighted by atomic mass is 32.2. The van der Waals surface area contributed by atoms with E-state index in [1.807, 2.05) is 23.0 Å². The quantitative estimate of drug-likeness (QED) is 0.380. The zero-order valence-corrected chi connectivity index (χ0v) is 24.4. The molecule has 0 amide bonds. The second kappa shape index (κ2) is 10.3. The molecule has 1 atom stereocenters. The number of aromatic nitrogens is 2. The molecule has 0 spiro atoms. The average molecular weight is 551 g/mol. The van der Waals surface area contributed by atoms with E-state index in [1.54, 1.807) is 28.6 Å². The molecule has 2 aliphatic rings. The average Bonchev–Trinajstić information content (AvgIpc) is 3.28. The fourth-order valence-electron chi connectivity index (χ4n) is 5.97. The summed E-state index contributed by atoms with van der Waals surface area (Å²) in [6, 6.07) is 13.7. The van der Waals surface area contributed by atoms with Crippen molar-refractivity contribution in [1.29, 1.82) is 0 Å². The molecule has 0 radical (unpaired) electrons. The Bertz CT molecular complexity index is 1470. The fraction of sp³-hybridized carbons (Fsp3) is 0.452. The third-order valence-electron chi connectivity index (χ3n) is 8.21. The first-order valence-electron chi connectivity index (χ1n) is 13.7. The van der Waals surface area contributed by atoms with Crippen molar-refractivity contribution in [2.24, 2.45) is 5.41 Å². The Kier molecular flexibility index (Phi) is 7.33. The molecule has 1 aliphatic carbocycles. The van der Waals surface area contributed by atoms with Crippen molar-refractivity contribution in [2.75, 3.05) is 33.7 Å². The van der Waals surface area contributed by atoms with Gasteiger partial charge in [0.1, 0.15) is 5.82 Å². The maximum atomic E-state index is 13.9. The summed E-state index contributed by atoms with van der Waals surface area (Å²) in [5, 5.41) is 4.65. The molecule has 5 rings (SSSR count). The van der Waals surface area contributed by atoms with Crippen LogP contribution in [0.25, 0.3) is 11.8 Å². The second-order valence-corrected chi connectivity index (χ2v) is 14.3. The normalized spacial score (nSPS) is 20.0. The third kappa shape index (κ3) is 5.47. The van der Waals surface area contributed by atoms with Crippen molar-refractivity contribution in [3.63, 3.8) is 0 Å². The van der Waals surface area contributed by atoms with Crippen molar-refractivity contribution >= 4 is 16.1 Å². The summed E-state index contributed by atoms with van der Waals surface area (Å²) >= 11 is 0. The van der Waals surface area contributed by atoms with E-state index in [-0.39, 0.29) is 16.6 Å². The number of sulfonamides is 1. The molecule has 8 heteroatoms. The summed E-state index contributed by atoms with van der Waals surface area (Å²) < 4.78 is 44.8. The summed E-state index contributed by atoms with van der Waals surface area (Å²) in [5.41, 5.74) is 5.00. The molecule has 0 N–H and O–H groups in total. The van der Waals surface area contributed by atoms with Crippen LogP contribution in [-0.4, -0.2) is 61.1 Å². The first-order chi connectivity index (χ1) is 18.4. The highest BCUT2D eigenvalue weighted by Gasteiger charge is 2.45. The van der Waals surface area contributed by atoms with E-state index in [2.05, 4.69) is 50.9 Å². The van der Waals surface area contributed by atoms with Crippen molar-refractivity contribution < 1.29 is 12.8 Å². The Labute approximate surface area is 232 Å². The second-order valence-electron chi connectivity index (χ2n) is 12.3. The van der Waals surface area contributed by atoms with Gasteiger partial charge in [-0.05, 0) is 105 Å². The van der Waals surface area contributed by atoms with Crippen LogP contribution in [0.1, 0.15) is 56.9 Å². The largest absolute Gasteiger partial charge is 0.309 e. The molecule has 208 valence electrons. The minimum Gasteiger partial charge on any atom is -0.309 e. The molecule has 0 bridgehead atoms. The lowest BCUT2D eigenvalue weighted by Crippen LogP contribution is -2.49. The number of fused-ring (bicyclic) bond motifs is 2. The van der Waals surface area contributed by atoms with Crippen LogP contribution in [0.15, 0.2) is 65.2 Å². The molecular formula is C31H39FN4O2S. The van der Waals surface area contributed by atoms with E-state index in [0.29, 0.717) is 24.4 Å². The van der Waals surface area contributed by atoms with E-state index in [9.17, 15) is 12.8 Å². The smallest absolute Gasteiger partial charge is 0.243 e. The summed E-state index contributed by atoms with van der Waals surface area (Å²) in [6.45, 7) is 8.23. The summed E-state index contributed by atoms with van der Waals surface area (Å²) in [5.74, 6) is -0.278. The molecule has 1 saturated heterocycles. The molecule has 2 aromatic carbocycles. The lowest BCUT2D eigenvalue weighted by Gasteiger charge is -2.46. The van der Waals surface area contributed by atoms with E-state index in [4.69, 9.17) is 0 Å². The van der Waals surface area contributed by atoms with Gasteiger partial charge in [-0.15, -0.1) is 0 Å². The molecule has 0 saturated carbocycles. The van der Waals surface area contributed by atoms with Gasteiger partial charge < -0.3 is 4.90 Å². The SMILES string of the molecule is CN(C)CCC[C@]12Cc3cnn(-c4ccc(F)cc4)c3C=C1CCN(S(=O)(=O)c1ccc(C(C)(C)C)cc1)C2. The van der Waals surface area contributed by atoms with Gasteiger partial charge in [-0.25, -0.2) is 17.5 Å². The number of nitrogens with zero attached hydrogens (tertiary/aromatic N) is 4. The van der Waals surface area contributed by atoms with Crippen LogP contribution < -0.4 is 0 Å². The molecule has 6 nitrogen and oxygen atoms in total. The molecule has 39 heavy (non-hydrogen) atoms. The predicted molar refractivity (Wildman–Crippen MR) is 154 cm³/mol. The van der Waals surface area contributed by atoms with Crippen LogP contribution in [0, 0.1) is 11.2 Å². The summed E-state index contributed by atoms with van der Waals surface area (Å²) in [6.07, 6.45) is 7.38. The van der Waals surface area contributed by atoms with Crippen molar-refractivity contribution in [2.45, 2.75) is 56.8 Å². The van der Waals surface area contributed by atoms with Crippen LogP contribution in [0.4, 0.5) is 4.39 Å². The number of benzene rings is 2.